The Morgan fingerprint density at radius 2 is 2.25 bits per heavy atom. The number of nitrogens with two attached hydrogens (primary N) is 1. The van der Waals surface area contributed by atoms with Gasteiger partial charge < -0.3 is 11.1 Å². The third kappa shape index (κ3) is 1.87. The minimum absolute atomic E-state index is 0.718. The summed E-state index contributed by atoms with van der Waals surface area (Å²) in [5.41, 5.74) is 7.83. The molecule has 68 valence electrons. The highest BCUT2D eigenvalue weighted by Gasteiger charge is 2.20. The van der Waals surface area contributed by atoms with E-state index in [1.54, 1.807) is 0 Å². The molecule has 0 aliphatic heterocycles. The predicted octanol–water partition coefficient (Wildman–Crippen LogP) is 2.30. The standard InChI is InChI=1S/C10H18N2/c1-7(2)8-3-4-9(6-11)10(12)5-8/h6-8,11H,3-5,12H2,1-2H3. The van der Waals surface area contributed by atoms with Crippen LogP contribution in [0.1, 0.15) is 33.1 Å². The maximum Gasteiger partial charge on any atom is 0.0227 e. The molecular formula is C10H18N2. The molecule has 0 aromatic carbocycles. The van der Waals surface area contributed by atoms with Crippen LogP contribution < -0.4 is 5.73 Å². The Bertz CT molecular complexity index is 204. The topological polar surface area (TPSA) is 49.9 Å². The average molecular weight is 166 g/mol. The summed E-state index contributed by atoms with van der Waals surface area (Å²) in [6.45, 7) is 4.49. The van der Waals surface area contributed by atoms with E-state index >= 15 is 0 Å². The maximum absolute atomic E-state index is 7.14. The van der Waals surface area contributed by atoms with Crippen molar-refractivity contribution in [2.75, 3.05) is 0 Å². The second-order valence-electron chi connectivity index (χ2n) is 3.94. The molecule has 0 saturated heterocycles. The quantitative estimate of drug-likeness (QED) is 0.608. The molecule has 12 heavy (non-hydrogen) atoms. The van der Waals surface area contributed by atoms with Crippen LogP contribution in [0.15, 0.2) is 11.3 Å². The van der Waals surface area contributed by atoms with Crippen LogP contribution in [-0.2, 0) is 0 Å². The Balaban J connectivity index is 2.65. The van der Waals surface area contributed by atoms with Gasteiger partial charge in [-0.2, -0.15) is 0 Å². The van der Waals surface area contributed by atoms with Crippen LogP contribution in [0.5, 0.6) is 0 Å². The fourth-order valence-corrected chi connectivity index (χ4v) is 1.75. The Labute approximate surface area is 74.4 Å². The van der Waals surface area contributed by atoms with Gasteiger partial charge in [0.25, 0.3) is 0 Å². The first kappa shape index (κ1) is 9.30. The molecule has 1 rings (SSSR count). The summed E-state index contributed by atoms with van der Waals surface area (Å²) >= 11 is 0. The minimum atomic E-state index is 0.718. The molecule has 0 aromatic rings. The molecule has 0 heterocycles. The summed E-state index contributed by atoms with van der Waals surface area (Å²) in [4.78, 5) is 0. The zero-order valence-corrected chi connectivity index (χ0v) is 7.93. The second kappa shape index (κ2) is 3.74. The number of hydrogen-bond donors (Lipinski definition) is 2. The van der Waals surface area contributed by atoms with Crippen molar-refractivity contribution in [3.8, 4) is 0 Å². The fraction of sp³-hybridized carbons (Fsp3) is 0.700. The first-order valence-electron chi connectivity index (χ1n) is 4.63. The van der Waals surface area contributed by atoms with Gasteiger partial charge in [0.05, 0.1) is 0 Å². The van der Waals surface area contributed by atoms with Crippen molar-refractivity contribution in [2.45, 2.75) is 33.1 Å². The van der Waals surface area contributed by atoms with E-state index in [4.69, 9.17) is 11.1 Å². The molecule has 0 radical (unpaired) electrons. The van der Waals surface area contributed by atoms with Gasteiger partial charge >= 0.3 is 0 Å². The van der Waals surface area contributed by atoms with Crippen LogP contribution in [0.25, 0.3) is 0 Å². The van der Waals surface area contributed by atoms with Crippen LogP contribution in [-0.4, -0.2) is 6.21 Å². The smallest absolute Gasteiger partial charge is 0.0227 e. The summed E-state index contributed by atoms with van der Waals surface area (Å²) in [5.74, 6) is 1.45. The van der Waals surface area contributed by atoms with E-state index < -0.39 is 0 Å². The van der Waals surface area contributed by atoms with Crippen molar-refractivity contribution >= 4 is 6.21 Å². The molecule has 1 aliphatic carbocycles. The molecule has 1 aliphatic rings. The van der Waals surface area contributed by atoms with Gasteiger partial charge in [-0.05, 0) is 36.7 Å². The summed E-state index contributed by atoms with van der Waals surface area (Å²) < 4.78 is 0. The van der Waals surface area contributed by atoms with E-state index in [0.717, 1.165) is 35.9 Å². The molecule has 0 bridgehead atoms. The highest BCUT2D eigenvalue weighted by molar-refractivity contribution is 5.76. The number of allylic oxidation sites excluding steroid dienone is 2. The molecule has 1 unspecified atom stereocenters. The maximum atomic E-state index is 7.14. The van der Waals surface area contributed by atoms with Crippen LogP contribution in [0, 0.1) is 17.2 Å². The van der Waals surface area contributed by atoms with E-state index in [9.17, 15) is 0 Å². The van der Waals surface area contributed by atoms with Gasteiger partial charge in [-0.1, -0.05) is 13.8 Å². The molecule has 3 N–H and O–H groups in total. The van der Waals surface area contributed by atoms with E-state index in [2.05, 4.69) is 13.8 Å². The highest BCUT2D eigenvalue weighted by Crippen LogP contribution is 2.30. The molecule has 0 aromatic heterocycles. The van der Waals surface area contributed by atoms with Gasteiger partial charge in [0.15, 0.2) is 0 Å². The van der Waals surface area contributed by atoms with E-state index in [-0.39, 0.29) is 0 Å². The zero-order chi connectivity index (χ0) is 9.14. The second-order valence-corrected chi connectivity index (χ2v) is 3.94. The number of hydrogen-bond acceptors (Lipinski definition) is 2. The number of nitrogens with one attached hydrogen (secondary N) is 1. The first-order chi connectivity index (χ1) is 5.65. The van der Waals surface area contributed by atoms with Gasteiger partial charge in [-0.25, -0.2) is 0 Å². The van der Waals surface area contributed by atoms with Crippen LogP contribution in [0.2, 0.25) is 0 Å². The van der Waals surface area contributed by atoms with Crippen molar-refractivity contribution in [3.63, 3.8) is 0 Å². The van der Waals surface area contributed by atoms with Crippen molar-refractivity contribution in [1.29, 1.82) is 5.41 Å². The molecule has 1 atom stereocenters. The monoisotopic (exact) mass is 166 g/mol. The lowest BCUT2D eigenvalue weighted by molar-refractivity contribution is 0.343. The normalized spacial score (nSPS) is 24.8. The first-order valence-corrected chi connectivity index (χ1v) is 4.63. The average Bonchev–Trinajstić information content (AvgIpc) is 2.04. The molecule has 2 nitrogen and oxygen atoms in total. The predicted molar refractivity (Wildman–Crippen MR) is 52.2 cm³/mol. The Morgan fingerprint density at radius 3 is 2.67 bits per heavy atom. The number of rotatable bonds is 2. The molecule has 0 fully saturated rings. The third-order valence-corrected chi connectivity index (χ3v) is 2.80. The SMILES string of the molecule is CC(C)C1CCC(C=N)=C(N)C1. The molecular weight excluding hydrogens is 148 g/mol. The van der Waals surface area contributed by atoms with E-state index in [0.29, 0.717) is 0 Å². The van der Waals surface area contributed by atoms with Crippen molar-refractivity contribution in [2.24, 2.45) is 17.6 Å². The molecule has 0 amide bonds. The van der Waals surface area contributed by atoms with Gasteiger partial charge in [0.1, 0.15) is 0 Å². The Kier molecular flexibility index (Phi) is 2.90. The van der Waals surface area contributed by atoms with Crippen molar-refractivity contribution < 1.29 is 0 Å². The zero-order valence-electron chi connectivity index (χ0n) is 7.93. The summed E-state index contributed by atoms with van der Waals surface area (Å²) in [7, 11) is 0. The van der Waals surface area contributed by atoms with Gasteiger partial charge in [-0.3, -0.25) is 0 Å². The summed E-state index contributed by atoms with van der Waals surface area (Å²) in [6, 6.07) is 0. The van der Waals surface area contributed by atoms with Gasteiger partial charge in [-0.15, -0.1) is 0 Å². The fourth-order valence-electron chi connectivity index (χ4n) is 1.75. The summed E-state index contributed by atoms with van der Waals surface area (Å²) in [6.07, 6.45) is 4.59. The van der Waals surface area contributed by atoms with Crippen LogP contribution in [0.4, 0.5) is 0 Å². The lowest BCUT2D eigenvalue weighted by atomic mass is 9.81. The lowest BCUT2D eigenvalue weighted by Crippen LogP contribution is -2.19. The molecule has 0 spiro atoms. The lowest BCUT2D eigenvalue weighted by Gasteiger charge is -2.26. The van der Waals surface area contributed by atoms with Crippen molar-refractivity contribution in [3.05, 3.63) is 11.3 Å². The van der Waals surface area contributed by atoms with Crippen LogP contribution in [0.3, 0.4) is 0 Å². The van der Waals surface area contributed by atoms with Gasteiger partial charge in [0, 0.05) is 11.9 Å². The van der Waals surface area contributed by atoms with Crippen molar-refractivity contribution in [1.82, 2.24) is 0 Å². The Morgan fingerprint density at radius 1 is 1.58 bits per heavy atom. The Hall–Kier alpha value is -0.790. The highest BCUT2D eigenvalue weighted by atomic mass is 14.6. The summed E-state index contributed by atoms with van der Waals surface area (Å²) in [5, 5.41) is 7.14. The largest absolute Gasteiger partial charge is 0.402 e. The molecule has 2 heteroatoms. The van der Waals surface area contributed by atoms with E-state index in [1.807, 2.05) is 0 Å². The molecule has 0 saturated carbocycles. The minimum Gasteiger partial charge on any atom is -0.402 e. The van der Waals surface area contributed by atoms with Gasteiger partial charge in [0.2, 0.25) is 0 Å². The van der Waals surface area contributed by atoms with Crippen LogP contribution >= 0.6 is 0 Å². The van der Waals surface area contributed by atoms with E-state index in [1.165, 1.54) is 12.6 Å². The third-order valence-electron chi connectivity index (χ3n) is 2.80.